The van der Waals surface area contributed by atoms with Crippen LogP contribution in [0.4, 0.5) is 5.82 Å². The molecule has 1 N–H and O–H groups in total. The number of aryl methyl sites for hydroxylation is 1. The van der Waals surface area contributed by atoms with E-state index in [0.717, 1.165) is 28.6 Å². The normalized spacial score (nSPS) is 9.76. The van der Waals surface area contributed by atoms with Crippen LogP contribution in [0, 0.1) is 11.3 Å². The Balaban J connectivity index is 3.15. The topological polar surface area (TPSA) is 61.6 Å². The summed E-state index contributed by atoms with van der Waals surface area (Å²) in [6, 6.07) is 2.20. The molecule has 0 amide bonds. The van der Waals surface area contributed by atoms with E-state index in [1.807, 2.05) is 13.8 Å². The van der Waals surface area contributed by atoms with Crippen molar-refractivity contribution in [2.45, 2.75) is 26.7 Å². The van der Waals surface area contributed by atoms with Crippen LogP contribution in [0.15, 0.2) is 11.1 Å². The van der Waals surface area contributed by atoms with Gasteiger partial charge in [0.25, 0.3) is 0 Å². The van der Waals surface area contributed by atoms with Crippen LogP contribution in [0.5, 0.6) is 0 Å². The molecule has 0 saturated heterocycles. The SMILES string of the molecule is C=C(Br)CNc1nnc(CC)c(CC)c1C#N. The van der Waals surface area contributed by atoms with Crippen LogP contribution in [-0.2, 0) is 12.8 Å². The van der Waals surface area contributed by atoms with Crippen molar-refractivity contribution in [2.75, 3.05) is 11.9 Å². The number of halogens is 1. The van der Waals surface area contributed by atoms with E-state index in [1.54, 1.807) is 0 Å². The molecule has 0 aliphatic rings. The lowest BCUT2D eigenvalue weighted by molar-refractivity contribution is 0.873. The Morgan fingerprint density at radius 2 is 2.12 bits per heavy atom. The smallest absolute Gasteiger partial charge is 0.167 e. The zero-order chi connectivity index (χ0) is 12.8. The Morgan fingerprint density at radius 3 is 2.59 bits per heavy atom. The third-order valence-corrected chi connectivity index (χ3v) is 2.69. The molecule has 1 aromatic heterocycles. The molecule has 90 valence electrons. The third kappa shape index (κ3) is 3.27. The van der Waals surface area contributed by atoms with Crippen LogP contribution in [0.3, 0.4) is 0 Å². The summed E-state index contributed by atoms with van der Waals surface area (Å²) in [6.45, 7) is 8.28. The summed E-state index contributed by atoms with van der Waals surface area (Å²) >= 11 is 3.25. The second-order valence-electron chi connectivity index (χ2n) is 3.54. The number of nitrogens with one attached hydrogen (secondary N) is 1. The molecule has 0 atom stereocenters. The average Bonchev–Trinajstić information content (AvgIpc) is 2.34. The molecule has 1 heterocycles. The summed E-state index contributed by atoms with van der Waals surface area (Å²) in [5.41, 5.74) is 2.47. The maximum absolute atomic E-state index is 9.22. The number of rotatable bonds is 5. The van der Waals surface area contributed by atoms with E-state index >= 15 is 0 Å². The van der Waals surface area contributed by atoms with Crippen molar-refractivity contribution in [3.63, 3.8) is 0 Å². The Morgan fingerprint density at radius 1 is 1.41 bits per heavy atom. The first-order valence-electron chi connectivity index (χ1n) is 5.49. The first-order valence-corrected chi connectivity index (χ1v) is 6.28. The van der Waals surface area contributed by atoms with Gasteiger partial charge in [-0.3, -0.25) is 0 Å². The van der Waals surface area contributed by atoms with Gasteiger partial charge in [-0.25, -0.2) is 0 Å². The van der Waals surface area contributed by atoms with Crippen molar-refractivity contribution in [1.29, 1.82) is 5.26 Å². The zero-order valence-electron chi connectivity index (χ0n) is 10.0. The molecule has 0 aliphatic carbocycles. The number of nitriles is 1. The van der Waals surface area contributed by atoms with E-state index in [4.69, 9.17) is 0 Å². The van der Waals surface area contributed by atoms with Gasteiger partial charge in [0.15, 0.2) is 5.82 Å². The highest BCUT2D eigenvalue weighted by atomic mass is 79.9. The van der Waals surface area contributed by atoms with Gasteiger partial charge in [0.1, 0.15) is 11.6 Å². The predicted octanol–water partition coefficient (Wildman–Crippen LogP) is 2.79. The molecular weight excluding hydrogens is 280 g/mol. The lowest BCUT2D eigenvalue weighted by Gasteiger charge is -2.11. The highest BCUT2D eigenvalue weighted by Crippen LogP contribution is 2.20. The first-order chi connectivity index (χ1) is 8.13. The summed E-state index contributed by atoms with van der Waals surface area (Å²) in [5.74, 6) is 0.530. The Kier molecular flexibility index (Phi) is 5.11. The van der Waals surface area contributed by atoms with E-state index < -0.39 is 0 Å². The van der Waals surface area contributed by atoms with Crippen LogP contribution >= 0.6 is 15.9 Å². The van der Waals surface area contributed by atoms with Crippen molar-refractivity contribution in [1.82, 2.24) is 10.2 Å². The van der Waals surface area contributed by atoms with Gasteiger partial charge in [-0.2, -0.15) is 10.4 Å². The van der Waals surface area contributed by atoms with Gasteiger partial charge in [0.2, 0.25) is 0 Å². The molecule has 5 heteroatoms. The molecule has 0 bridgehead atoms. The summed E-state index contributed by atoms with van der Waals surface area (Å²) in [6.07, 6.45) is 1.57. The molecule has 0 radical (unpaired) electrons. The van der Waals surface area contributed by atoms with Gasteiger partial charge in [-0.1, -0.05) is 36.4 Å². The largest absolute Gasteiger partial charge is 0.363 e. The third-order valence-electron chi connectivity index (χ3n) is 2.41. The first kappa shape index (κ1) is 13.7. The number of hydrogen-bond donors (Lipinski definition) is 1. The van der Waals surface area contributed by atoms with E-state index in [9.17, 15) is 5.26 Å². The molecule has 1 rings (SSSR count). The molecule has 0 aromatic carbocycles. The van der Waals surface area contributed by atoms with Gasteiger partial charge < -0.3 is 5.32 Å². The minimum Gasteiger partial charge on any atom is -0.363 e. The maximum Gasteiger partial charge on any atom is 0.167 e. The Hall–Kier alpha value is -1.41. The predicted molar refractivity (Wildman–Crippen MR) is 72.1 cm³/mol. The molecule has 0 saturated carbocycles. The summed E-state index contributed by atoms with van der Waals surface area (Å²) < 4.78 is 0.806. The lowest BCUT2D eigenvalue weighted by atomic mass is 10.0. The van der Waals surface area contributed by atoms with Crippen LogP contribution in [0.25, 0.3) is 0 Å². The molecular formula is C12H15BrN4. The summed E-state index contributed by atoms with van der Waals surface area (Å²) in [5, 5.41) is 20.5. The van der Waals surface area contributed by atoms with Gasteiger partial charge in [-0.15, -0.1) is 5.10 Å². The highest BCUT2D eigenvalue weighted by molar-refractivity contribution is 9.11. The van der Waals surface area contributed by atoms with Crippen molar-refractivity contribution in [3.8, 4) is 6.07 Å². The minimum atomic E-state index is 0.526. The van der Waals surface area contributed by atoms with Crippen molar-refractivity contribution < 1.29 is 0 Å². The Bertz CT molecular complexity index is 462. The number of hydrogen-bond acceptors (Lipinski definition) is 4. The number of anilines is 1. The molecule has 4 nitrogen and oxygen atoms in total. The molecule has 0 unspecified atom stereocenters. The van der Waals surface area contributed by atoms with E-state index in [-0.39, 0.29) is 0 Å². The van der Waals surface area contributed by atoms with E-state index in [2.05, 4.69) is 44.1 Å². The minimum absolute atomic E-state index is 0.526. The quantitative estimate of drug-likeness (QED) is 0.907. The molecule has 17 heavy (non-hydrogen) atoms. The second kappa shape index (κ2) is 6.36. The van der Waals surface area contributed by atoms with E-state index in [1.165, 1.54) is 0 Å². The average molecular weight is 295 g/mol. The van der Waals surface area contributed by atoms with E-state index in [0.29, 0.717) is 17.9 Å². The maximum atomic E-state index is 9.22. The van der Waals surface area contributed by atoms with Gasteiger partial charge in [0.05, 0.1) is 5.69 Å². The number of nitrogens with zero attached hydrogens (tertiary/aromatic N) is 3. The van der Waals surface area contributed by atoms with Crippen LogP contribution < -0.4 is 5.32 Å². The fourth-order valence-electron chi connectivity index (χ4n) is 1.60. The molecule has 1 aromatic rings. The van der Waals surface area contributed by atoms with Gasteiger partial charge in [0, 0.05) is 11.0 Å². The lowest BCUT2D eigenvalue weighted by Crippen LogP contribution is -2.10. The fourth-order valence-corrected chi connectivity index (χ4v) is 1.74. The zero-order valence-corrected chi connectivity index (χ0v) is 11.6. The van der Waals surface area contributed by atoms with Crippen molar-refractivity contribution >= 4 is 21.7 Å². The van der Waals surface area contributed by atoms with Crippen LogP contribution in [0.1, 0.15) is 30.7 Å². The summed E-state index contributed by atoms with van der Waals surface area (Å²) in [4.78, 5) is 0. The van der Waals surface area contributed by atoms with Crippen molar-refractivity contribution in [2.24, 2.45) is 0 Å². The van der Waals surface area contributed by atoms with Gasteiger partial charge >= 0.3 is 0 Å². The molecule has 0 aliphatic heterocycles. The molecule has 0 fully saturated rings. The van der Waals surface area contributed by atoms with Crippen LogP contribution in [-0.4, -0.2) is 16.7 Å². The standard InChI is InChI=1S/C12H15BrN4/c1-4-9-10(6-14)12(15-7-8(3)13)17-16-11(9)5-2/h3-5,7H2,1-2H3,(H,15,17). The molecule has 0 spiro atoms. The Labute approximate surface area is 110 Å². The number of aromatic nitrogens is 2. The fraction of sp³-hybridized carbons (Fsp3) is 0.417. The van der Waals surface area contributed by atoms with Crippen LogP contribution in [0.2, 0.25) is 0 Å². The van der Waals surface area contributed by atoms with Gasteiger partial charge in [-0.05, 0) is 18.4 Å². The highest BCUT2D eigenvalue weighted by Gasteiger charge is 2.13. The monoisotopic (exact) mass is 294 g/mol. The second-order valence-corrected chi connectivity index (χ2v) is 4.66. The summed E-state index contributed by atoms with van der Waals surface area (Å²) in [7, 11) is 0. The van der Waals surface area contributed by atoms with Crippen molar-refractivity contribution in [3.05, 3.63) is 27.9 Å².